The van der Waals surface area contributed by atoms with Gasteiger partial charge in [0.25, 0.3) is 5.91 Å². The van der Waals surface area contributed by atoms with E-state index in [0.717, 1.165) is 54.2 Å². The number of hydrogen-bond donors (Lipinski definition) is 1. The van der Waals surface area contributed by atoms with Crippen molar-refractivity contribution < 1.29 is 14.3 Å². The highest BCUT2D eigenvalue weighted by atomic mass is 16.5. The van der Waals surface area contributed by atoms with Gasteiger partial charge in [0.15, 0.2) is 0 Å². The van der Waals surface area contributed by atoms with Crippen LogP contribution in [0, 0.1) is 0 Å². The Morgan fingerprint density at radius 2 is 2.11 bits per heavy atom. The topological polar surface area (TPSA) is 65.4 Å². The van der Waals surface area contributed by atoms with Gasteiger partial charge in [-0.2, -0.15) is 0 Å². The van der Waals surface area contributed by atoms with Crippen molar-refractivity contribution >= 4 is 16.9 Å². The third-order valence-electron chi connectivity index (χ3n) is 4.92. The fourth-order valence-electron chi connectivity index (χ4n) is 3.32. The van der Waals surface area contributed by atoms with Gasteiger partial charge in [0.1, 0.15) is 18.2 Å². The summed E-state index contributed by atoms with van der Waals surface area (Å²) in [6, 6.07) is 13.5. The Bertz CT molecular complexity index is 963. The Morgan fingerprint density at radius 1 is 1.25 bits per heavy atom. The second-order valence-corrected chi connectivity index (χ2v) is 6.96. The lowest BCUT2D eigenvalue weighted by Crippen LogP contribution is -2.22. The summed E-state index contributed by atoms with van der Waals surface area (Å²) in [5, 5.41) is 2.97. The van der Waals surface area contributed by atoms with E-state index >= 15 is 0 Å². The summed E-state index contributed by atoms with van der Waals surface area (Å²) in [5.41, 5.74) is 3.53. The third-order valence-corrected chi connectivity index (χ3v) is 4.92. The molecule has 2 heterocycles. The molecule has 0 atom stereocenters. The van der Waals surface area contributed by atoms with Crippen molar-refractivity contribution in [2.45, 2.75) is 39.5 Å². The summed E-state index contributed by atoms with van der Waals surface area (Å²) in [4.78, 5) is 17.2. The van der Waals surface area contributed by atoms with Crippen molar-refractivity contribution in [3.8, 4) is 5.75 Å². The zero-order valence-electron chi connectivity index (χ0n) is 16.1. The largest absolute Gasteiger partial charge is 0.494 e. The van der Waals surface area contributed by atoms with Crippen LogP contribution in [0.1, 0.15) is 41.5 Å². The number of fused-ring (bicyclic) bond motifs is 3. The van der Waals surface area contributed by atoms with Crippen LogP contribution in [0.4, 0.5) is 0 Å². The summed E-state index contributed by atoms with van der Waals surface area (Å²) in [6.45, 7) is 5.37. The van der Waals surface area contributed by atoms with Crippen molar-refractivity contribution in [2.24, 2.45) is 0 Å². The number of ether oxygens (including phenoxy) is 2. The molecule has 146 valence electrons. The molecule has 6 nitrogen and oxygen atoms in total. The van der Waals surface area contributed by atoms with E-state index in [1.165, 1.54) is 0 Å². The second kappa shape index (κ2) is 8.44. The van der Waals surface area contributed by atoms with E-state index in [-0.39, 0.29) is 5.91 Å². The number of aromatic nitrogens is 2. The summed E-state index contributed by atoms with van der Waals surface area (Å²) >= 11 is 0. The molecule has 0 saturated carbocycles. The number of unbranched alkanes of at least 4 members (excludes halogenated alkanes) is 1. The molecule has 4 rings (SSSR count). The summed E-state index contributed by atoms with van der Waals surface area (Å²) in [6.07, 6.45) is 2.17. The minimum Gasteiger partial charge on any atom is -0.494 e. The van der Waals surface area contributed by atoms with Gasteiger partial charge in [-0.3, -0.25) is 4.79 Å². The maximum Gasteiger partial charge on any atom is 0.251 e. The normalized spacial score (nSPS) is 13.3. The van der Waals surface area contributed by atoms with Crippen molar-refractivity contribution in [3.63, 3.8) is 0 Å². The average molecular weight is 379 g/mol. The van der Waals surface area contributed by atoms with Gasteiger partial charge in [0.05, 0.1) is 24.2 Å². The fraction of sp³-hybridized carbons (Fsp3) is 0.364. The van der Waals surface area contributed by atoms with Gasteiger partial charge in [0, 0.05) is 18.7 Å². The number of imidazole rings is 1. The molecule has 0 aliphatic carbocycles. The van der Waals surface area contributed by atoms with Crippen LogP contribution in [0.2, 0.25) is 0 Å². The Kier molecular flexibility index (Phi) is 5.58. The molecular weight excluding hydrogens is 354 g/mol. The van der Waals surface area contributed by atoms with Gasteiger partial charge in [-0.15, -0.1) is 0 Å². The highest BCUT2D eigenvalue weighted by molar-refractivity contribution is 5.97. The average Bonchev–Trinajstić information content (AvgIpc) is 3.11. The lowest BCUT2D eigenvalue weighted by molar-refractivity contribution is 0.0830. The van der Waals surface area contributed by atoms with Crippen LogP contribution in [0.3, 0.4) is 0 Å². The zero-order chi connectivity index (χ0) is 19.3. The lowest BCUT2D eigenvalue weighted by Gasteiger charge is -2.14. The molecule has 2 aromatic carbocycles. The number of hydrogen-bond acceptors (Lipinski definition) is 4. The quantitative estimate of drug-likeness (QED) is 0.636. The molecule has 0 bridgehead atoms. The number of benzene rings is 2. The van der Waals surface area contributed by atoms with E-state index in [1.54, 1.807) is 0 Å². The van der Waals surface area contributed by atoms with Crippen LogP contribution in [0.25, 0.3) is 11.0 Å². The summed E-state index contributed by atoms with van der Waals surface area (Å²) in [7, 11) is 0. The zero-order valence-corrected chi connectivity index (χ0v) is 16.1. The molecule has 3 aromatic rings. The molecule has 1 aliphatic heterocycles. The molecule has 28 heavy (non-hydrogen) atoms. The fourth-order valence-corrected chi connectivity index (χ4v) is 3.32. The minimum absolute atomic E-state index is 0.104. The van der Waals surface area contributed by atoms with E-state index in [0.29, 0.717) is 25.3 Å². The molecule has 1 N–H and O–H groups in total. The van der Waals surface area contributed by atoms with Gasteiger partial charge < -0.3 is 19.4 Å². The van der Waals surface area contributed by atoms with Gasteiger partial charge in [-0.05, 0) is 42.3 Å². The number of carbonyl (C=O) groups excluding carboxylic acids is 1. The predicted octanol–water partition coefficient (Wildman–Crippen LogP) is 3.68. The van der Waals surface area contributed by atoms with E-state index < -0.39 is 0 Å². The lowest BCUT2D eigenvalue weighted by atomic mass is 10.1. The van der Waals surface area contributed by atoms with Crippen LogP contribution in [0.15, 0.2) is 42.5 Å². The number of nitrogens with zero attached hydrogens (tertiary/aromatic N) is 2. The maximum absolute atomic E-state index is 12.6. The molecule has 0 spiro atoms. The Labute approximate surface area is 164 Å². The number of amides is 1. The first-order valence-corrected chi connectivity index (χ1v) is 9.81. The van der Waals surface area contributed by atoms with Crippen molar-refractivity contribution in [1.29, 1.82) is 0 Å². The summed E-state index contributed by atoms with van der Waals surface area (Å²) in [5.74, 6) is 1.68. The first-order chi connectivity index (χ1) is 13.7. The number of rotatable bonds is 7. The number of carbonyl (C=O) groups is 1. The standard InChI is InChI=1S/C22H25N3O3/c1-2-3-11-28-18-7-4-16(5-8-18)14-23-22(26)17-6-9-20-19(13-17)24-21-15-27-12-10-25(20)21/h4-9,13H,2-3,10-12,14-15H2,1H3,(H,23,26). The smallest absolute Gasteiger partial charge is 0.251 e. The van der Waals surface area contributed by atoms with E-state index in [9.17, 15) is 4.79 Å². The molecule has 0 radical (unpaired) electrons. The van der Waals surface area contributed by atoms with Crippen molar-refractivity contribution in [3.05, 3.63) is 59.4 Å². The molecule has 0 unspecified atom stereocenters. The monoisotopic (exact) mass is 379 g/mol. The van der Waals surface area contributed by atoms with Crippen LogP contribution >= 0.6 is 0 Å². The van der Waals surface area contributed by atoms with Gasteiger partial charge in [-0.1, -0.05) is 25.5 Å². The predicted molar refractivity (Wildman–Crippen MR) is 107 cm³/mol. The number of nitrogens with one attached hydrogen (secondary N) is 1. The minimum atomic E-state index is -0.104. The van der Waals surface area contributed by atoms with Crippen LogP contribution in [-0.4, -0.2) is 28.7 Å². The van der Waals surface area contributed by atoms with E-state index in [2.05, 4.69) is 21.8 Å². The van der Waals surface area contributed by atoms with Gasteiger partial charge in [0.2, 0.25) is 0 Å². The molecule has 0 saturated heterocycles. The third kappa shape index (κ3) is 4.02. The molecule has 1 aromatic heterocycles. The molecule has 1 aliphatic rings. The van der Waals surface area contributed by atoms with E-state index in [4.69, 9.17) is 9.47 Å². The van der Waals surface area contributed by atoms with Crippen molar-refractivity contribution in [1.82, 2.24) is 14.9 Å². The van der Waals surface area contributed by atoms with Crippen LogP contribution in [0.5, 0.6) is 5.75 Å². The molecule has 1 amide bonds. The molecule has 0 fully saturated rings. The first kappa shape index (κ1) is 18.5. The van der Waals surface area contributed by atoms with Crippen LogP contribution in [-0.2, 0) is 24.4 Å². The maximum atomic E-state index is 12.6. The second-order valence-electron chi connectivity index (χ2n) is 6.96. The highest BCUT2D eigenvalue weighted by Crippen LogP contribution is 2.21. The molecular formula is C22H25N3O3. The summed E-state index contributed by atoms with van der Waals surface area (Å²) < 4.78 is 13.3. The molecule has 6 heteroatoms. The Morgan fingerprint density at radius 3 is 2.93 bits per heavy atom. The van der Waals surface area contributed by atoms with Gasteiger partial charge in [-0.25, -0.2) is 4.98 Å². The van der Waals surface area contributed by atoms with Crippen molar-refractivity contribution in [2.75, 3.05) is 13.2 Å². The van der Waals surface area contributed by atoms with E-state index in [1.807, 2.05) is 42.5 Å². The van der Waals surface area contributed by atoms with Crippen LogP contribution < -0.4 is 10.1 Å². The SMILES string of the molecule is CCCCOc1ccc(CNC(=O)c2ccc3c(c2)nc2n3CCOC2)cc1. The highest BCUT2D eigenvalue weighted by Gasteiger charge is 2.16. The Balaban J connectivity index is 1.38. The first-order valence-electron chi connectivity index (χ1n) is 9.81. The van der Waals surface area contributed by atoms with Gasteiger partial charge >= 0.3 is 0 Å². The Hall–Kier alpha value is -2.86.